The Labute approximate surface area is 161 Å². The van der Waals surface area contributed by atoms with Gasteiger partial charge in [0.1, 0.15) is 12.4 Å². The van der Waals surface area contributed by atoms with E-state index in [4.69, 9.17) is 14.2 Å². The van der Waals surface area contributed by atoms with Crippen LogP contribution >= 0.6 is 0 Å². The van der Waals surface area contributed by atoms with Crippen LogP contribution in [0, 0.1) is 0 Å². The van der Waals surface area contributed by atoms with Gasteiger partial charge in [0.15, 0.2) is 11.5 Å². The zero-order valence-electron chi connectivity index (χ0n) is 15.0. The second-order valence-electron chi connectivity index (χ2n) is 5.74. The second-order valence-corrected chi connectivity index (χ2v) is 5.74. The maximum absolute atomic E-state index is 11.9. The van der Waals surface area contributed by atoms with Crippen molar-refractivity contribution >= 4 is 18.0 Å². The van der Waals surface area contributed by atoms with Gasteiger partial charge >= 0.3 is 11.8 Å². The lowest BCUT2D eigenvalue weighted by atomic mass is 10.2. The molecule has 0 aromatic heterocycles. The van der Waals surface area contributed by atoms with Crippen LogP contribution in [0.1, 0.15) is 11.1 Å². The maximum Gasteiger partial charge on any atom is 0.329 e. The van der Waals surface area contributed by atoms with Gasteiger partial charge in [-0.15, -0.1) is 0 Å². The predicted octanol–water partition coefficient (Wildman–Crippen LogP) is 1.75. The minimum Gasteiger partial charge on any atom is -0.490 e. The summed E-state index contributed by atoms with van der Waals surface area (Å²) in [6, 6.07) is 12.4. The topological polar surface area (TPSA) is 98.2 Å². The number of amides is 2. The van der Waals surface area contributed by atoms with E-state index >= 15 is 0 Å². The van der Waals surface area contributed by atoms with Crippen molar-refractivity contribution in [3.63, 3.8) is 0 Å². The Morgan fingerprint density at radius 2 is 1.89 bits per heavy atom. The number of fused-ring (bicyclic) bond motifs is 1. The highest BCUT2D eigenvalue weighted by Gasteiger charge is 2.15. The normalized spacial score (nSPS) is 11.9. The Morgan fingerprint density at radius 1 is 1.11 bits per heavy atom. The van der Waals surface area contributed by atoms with Gasteiger partial charge in [0.25, 0.3) is 0 Å². The summed E-state index contributed by atoms with van der Waals surface area (Å²) in [5.41, 5.74) is 3.71. The molecule has 0 aliphatic carbocycles. The van der Waals surface area contributed by atoms with Gasteiger partial charge in [-0.25, -0.2) is 5.43 Å². The Balaban J connectivity index is 1.44. The Kier molecular flexibility index (Phi) is 6.25. The lowest BCUT2D eigenvalue weighted by Crippen LogP contribution is -2.37. The fourth-order valence-electron chi connectivity index (χ4n) is 2.34. The summed E-state index contributed by atoms with van der Waals surface area (Å²) in [7, 11) is 0. The highest BCUT2D eigenvalue weighted by Crippen LogP contribution is 2.32. The first-order valence-electron chi connectivity index (χ1n) is 8.49. The third kappa shape index (κ3) is 5.10. The molecule has 0 bridgehead atoms. The Bertz CT molecular complexity index is 893. The molecule has 144 valence electrons. The zero-order valence-corrected chi connectivity index (χ0v) is 15.0. The van der Waals surface area contributed by atoms with E-state index in [0.717, 1.165) is 11.1 Å². The van der Waals surface area contributed by atoms with E-state index in [9.17, 15) is 9.59 Å². The van der Waals surface area contributed by atoms with Gasteiger partial charge in [-0.3, -0.25) is 9.59 Å². The SMILES string of the molecule is C=CCOc1ccc(/C=N\NC(=O)C(=O)NCc2ccc3c(c2)OCO3)cc1. The van der Waals surface area contributed by atoms with Gasteiger partial charge in [-0.05, 0) is 47.5 Å². The molecule has 0 saturated heterocycles. The van der Waals surface area contributed by atoms with Crippen LogP contribution in [0.4, 0.5) is 0 Å². The average Bonchev–Trinajstić information content (AvgIpc) is 3.19. The van der Waals surface area contributed by atoms with E-state index < -0.39 is 11.8 Å². The number of carbonyl (C=O) groups excluding carboxylic acids is 2. The van der Waals surface area contributed by atoms with Crippen molar-refractivity contribution in [3.05, 3.63) is 66.2 Å². The highest BCUT2D eigenvalue weighted by molar-refractivity contribution is 6.35. The first-order chi connectivity index (χ1) is 13.7. The van der Waals surface area contributed by atoms with E-state index in [1.54, 1.807) is 48.5 Å². The molecule has 1 aliphatic rings. The molecule has 28 heavy (non-hydrogen) atoms. The number of ether oxygens (including phenoxy) is 3. The van der Waals surface area contributed by atoms with Crippen LogP contribution in [0.25, 0.3) is 0 Å². The molecule has 3 rings (SSSR count). The summed E-state index contributed by atoms with van der Waals surface area (Å²) < 4.78 is 15.9. The predicted molar refractivity (Wildman–Crippen MR) is 102 cm³/mol. The number of nitrogens with one attached hydrogen (secondary N) is 2. The highest BCUT2D eigenvalue weighted by atomic mass is 16.7. The van der Waals surface area contributed by atoms with Crippen LogP contribution in [0.5, 0.6) is 17.2 Å². The Morgan fingerprint density at radius 3 is 2.68 bits per heavy atom. The standard InChI is InChI=1S/C20H19N3O5/c1-2-9-26-16-6-3-14(4-7-16)12-22-23-20(25)19(24)21-11-15-5-8-17-18(10-15)28-13-27-17/h2-8,10,12H,1,9,11,13H2,(H,21,24)(H,23,25)/b22-12-. The van der Waals surface area contributed by atoms with Crippen LogP contribution in [0.15, 0.2) is 60.2 Å². The number of hydrogen-bond donors (Lipinski definition) is 2. The molecule has 2 N–H and O–H groups in total. The first-order valence-corrected chi connectivity index (χ1v) is 8.49. The fraction of sp³-hybridized carbons (Fsp3) is 0.150. The van der Waals surface area contributed by atoms with Crippen LogP contribution in [0.2, 0.25) is 0 Å². The largest absolute Gasteiger partial charge is 0.490 e. The number of rotatable bonds is 7. The van der Waals surface area contributed by atoms with Gasteiger partial charge in [-0.2, -0.15) is 5.10 Å². The summed E-state index contributed by atoms with van der Waals surface area (Å²) in [6.45, 7) is 4.36. The smallest absolute Gasteiger partial charge is 0.329 e. The minimum absolute atomic E-state index is 0.177. The molecule has 0 unspecified atom stereocenters. The molecule has 0 spiro atoms. The molecule has 2 aromatic carbocycles. The molecule has 0 radical (unpaired) electrons. The summed E-state index contributed by atoms with van der Waals surface area (Å²) in [6.07, 6.45) is 3.09. The molecule has 1 heterocycles. The third-order valence-electron chi connectivity index (χ3n) is 3.72. The lowest BCUT2D eigenvalue weighted by Gasteiger charge is -2.05. The molecule has 2 aromatic rings. The van der Waals surface area contributed by atoms with Gasteiger partial charge in [0, 0.05) is 6.54 Å². The average molecular weight is 381 g/mol. The van der Waals surface area contributed by atoms with E-state index in [0.29, 0.717) is 23.9 Å². The van der Waals surface area contributed by atoms with Gasteiger partial charge in [-0.1, -0.05) is 18.7 Å². The molecule has 2 amide bonds. The monoisotopic (exact) mass is 381 g/mol. The van der Waals surface area contributed by atoms with Crippen molar-refractivity contribution in [2.24, 2.45) is 5.10 Å². The van der Waals surface area contributed by atoms with E-state index in [1.165, 1.54) is 6.21 Å². The maximum atomic E-state index is 11.9. The summed E-state index contributed by atoms with van der Waals surface area (Å²) in [5, 5.41) is 6.30. The third-order valence-corrected chi connectivity index (χ3v) is 3.72. The van der Waals surface area contributed by atoms with Crippen LogP contribution in [-0.4, -0.2) is 31.4 Å². The van der Waals surface area contributed by atoms with E-state index in [2.05, 4.69) is 22.4 Å². The first kappa shape index (κ1) is 19.0. The van der Waals surface area contributed by atoms with Crippen molar-refractivity contribution in [2.75, 3.05) is 13.4 Å². The van der Waals surface area contributed by atoms with Crippen molar-refractivity contribution in [1.82, 2.24) is 10.7 Å². The van der Waals surface area contributed by atoms with Crippen molar-refractivity contribution < 1.29 is 23.8 Å². The molecule has 0 atom stereocenters. The van der Waals surface area contributed by atoms with Crippen molar-refractivity contribution in [2.45, 2.75) is 6.54 Å². The van der Waals surface area contributed by atoms with E-state index in [-0.39, 0.29) is 13.3 Å². The molecule has 1 aliphatic heterocycles. The van der Waals surface area contributed by atoms with Crippen molar-refractivity contribution in [1.29, 1.82) is 0 Å². The zero-order chi connectivity index (χ0) is 19.8. The van der Waals surface area contributed by atoms with Crippen LogP contribution < -0.4 is 25.0 Å². The van der Waals surface area contributed by atoms with Crippen molar-refractivity contribution in [3.8, 4) is 17.2 Å². The molecule has 0 saturated carbocycles. The molecular formula is C20H19N3O5. The van der Waals surface area contributed by atoms with Gasteiger partial charge in [0.2, 0.25) is 6.79 Å². The number of carbonyl (C=O) groups is 2. The van der Waals surface area contributed by atoms with E-state index in [1.807, 2.05) is 0 Å². The molecule has 0 fully saturated rings. The van der Waals surface area contributed by atoms with Crippen LogP contribution in [-0.2, 0) is 16.1 Å². The second kappa shape index (κ2) is 9.22. The fourth-order valence-corrected chi connectivity index (χ4v) is 2.34. The lowest BCUT2D eigenvalue weighted by molar-refractivity contribution is -0.139. The molecular weight excluding hydrogens is 362 g/mol. The number of nitrogens with zero attached hydrogens (tertiary/aromatic N) is 1. The van der Waals surface area contributed by atoms with Gasteiger partial charge < -0.3 is 19.5 Å². The molecule has 8 nitrogen and oxygen atoms in total. The minimum atomic E-state index is -0.858. The summed E-state index contributed by atoms with van der Waals surface area (Å²) in [4.78, 5) is 23.7. The van der Waals surface area contributed by atoms with Crippen LogP contribution in [0.3, 0.4) is 0 Å². The molecule has 8 heteroatoms. The summed E-state index contributed by atoms with van der Waals surface area (Å²) >= 11 is 0. The quantitative estimate of drug-likeness (QED) is 0.330. The number of benzene rings is 2. The summed E-state index contributed by atoms with van der Waals surface area (Å²) in [5.74, 6) is 0.319. The number of hydrogen-bond acceptors (Lipinski definition) is 6. The van der Waals surface area contributed by atoms with Gasteiger partial charge in [0.05, 0.1) is 6.21 Å². The Hall–Kier alpha value is -3.81. The number of hydrazone groups is 1.